The molecule has 2 rings (SSSR count). The Morgan fingerprint density at radius 2 is 1.89 bits per heavy atom. The maximum atomic E-state index is 11.0. The van der Waals surface area contributed by atoms with Crippen LogP contribution in [0.1, 0.15) is 28.9 Å². The zero-order chi connectivity index (χ0) is 13.8. The number of hydrogen-bond donors (Lipinski definition) is 2. The third-order valence-electron chi connectivity index (χ3n) is 2.84. The molecule has 0 aliphatic carbocycles. The molecule has 98 valence electrons. The lowest BCUT2D eigenvalue weighted by atomic mass is 10.1. The lowest BCUT2D eigenvalue weighted by Gasteiger charge is -2.15. The Kier molecular flexibility index (Phi) is 3.71. The summed E-state index contributed by atoms with van der Waals surface area (Å²) >= 11 is 0. The molecule has 0 aromatic heterocycles. The summed E-state index contributed by atoms with van der Waals surface area (Å²) in [5.41, 5.74) is 6.90. The molecule has 3 N–H and O–H groups in total. The van der Waals surface area contributed by atoms with Crippen molar-refractivity contribution < 1.29 is 14.6 Å². The minimum atomic E-state index is -1.06. The molecule has 0 aliphatic rings. The van der Waals surface area contributed by atoms with Crippen LogP contribution in [0.2, 0.25) is 0 Å². The van der Waals surface area contributed by atoms with Crippen LogP contribution in [0.15, 0.2) is 48.5 Å². The average molecular weight is 257 g/mol. The highest BCUT2D eigenvalue weighted by Crippen LogP contribution is 2.25. The number of nitrogens with two attached hydrogens (primary N) is 1. The highest BCUT2D eigenvalue weighted by atomic mass is 16.5. The Morgan fingerprint density at radius 1 is 1.21 bits per heavy atom. The van der Waals surface area contributed by atoms with Crippen LogP contribution in [-0.4, -0.2) is 11.1 Å². The molecule has 2 aromatic carbocycles. The van der Waals surface area contributed by atoms with Gasteiger partial charge in [0.2, 0.25) is 0 Å². The van der Waals surface area contributed by atoms with Crippen molar-refractivity contribution in [3.05, 3.63) is 59.7 Å². The summed E-state index contributed by atoms with van der Waals surface area (Å²) in [7, 11) is 0. The van der Waals surface area contributed by atoms with Crippen molar-refractivity contribution in [3.63, 3.8) is 0 Å². The molecule has 0 amide bonds. The van der Waals surface area contributed by atoms with Gasteiger partial charge in [0.25, 0.3) is 0 Å². The van der Waals surface area contributed by atoms with Gasteiger partial charge in [0.05, 0.1) is 5.56 Å². The summed E-state index contributed by atoms with van der Waals surface area (Å²) in [4.78, 5) is 11.0. The molecule has 0 aliphatic heterocycles. The summed E-state index contributed by atoms with van der Waals surface area (Å²) in [5, 5.41) is 9.01. The number of carbonyl (C=O) groups is 1. The van der Waals surface area contributed by atoms with Gasteiger partial charge in [-0.25, -0.2) is 4.79 Å². The van der Waals surface area contributed by atoms with Gasteiger partial charge in [-0.2, -0.15) is 0 Å². The lowest BCUT2D eigenvalue weighted by molar-refractivity contribution is 0.0697. The molecular weight excluding hydrogens is 242 g/mol. The molecule has 1 unspecified atom stereocenters. The van der Waals surface area contributed by atoms with Gasteiger partial charge >= 0.3 is 5.97 Å². The molecular formula is C15H15NO3. The molecule has 1 atom stereocenters. The molecule has 0 radical (unpaired) electrons. The molecule has 0 spiro atoms. The average Bonchev–Trinajstić information content (AvgIpc) is 2.41. The highest BCUT2D eigenvalue weighted by Gasteiger charge is 2.11. The van der Waals surface area contributed by atoms with E-state index < -0.39 is 5.97 Å². The first-order valence-electron chi connectivity index (χ1n) is 5.92. The molecule has 0 saturated heterocycles. The van der Waals surface area contributed by atoms with Gasteiger partial charge in [-0.1, -0.05) is 30.3 Å². The fourth-order valence-corrected chi connectivity index (χ4v) is 1.79. The Labute approximate surface area is 111 Å². The van der Waals surface area contributed by atoms with E-state index >= 15 is 0 Å². The van der Waals surface area contributed by atoms with Crippen molar-refractivity contribution in [1.29, 1.82) is 0 Å². The number of benzene rings is 2. The van der Waals surface area contributed by atoms with E-state index in [1.54, 1.807) is 6.07 Å². The molecule has 0 saturated carbocycles. The number of carboxylic acids is 1. The molecule has 2 aromatic rings. The zero-order valence-electron chi connectivity index (χ0n) is 10.5. The molecule has 0 fully saturated rings. The summed E-state index contributed by atoms with van der Waals surface area (Å²) in [6.45, 7) is 1.91. The number of anilines is 1. The van der Waals surface area contributed by atoms with Crippen LogP contribution in [0, 0.1) is 0 Å². The quantitative estimate of drug-likeness (QED) is 0.825. The first-order chi connectivity index (χ1) is 9.08. The van der Waals surface area contributed by atoms with E-state index in [-0.39, 0.29) is 17.4 Å². The third kappa shape index (κ3) is 3.04. The van der Waals surface area contributed by atoms with E-state index in [1.165, 1.54) is 12.1 Å². The van der Waals surface area contributed by atoms with Gasteiger partial charge in [-0.05, 0) is 30.7 Å². The number of rotatable bonds is 4. The Balaban J connectivity index is 2.20. The van der Waals surface area contributed by atoms with Crippen molar-refractivity contribution in [2.24, 2.45) is 0 Å². The topological polar surface area (TPSA) is 72.5 Å². The van der Waals surface area contributed by atoms with Gasteiger partial charge < -0.3 is 15.6 Å². The SMILES string of the molecule is CC(Oc1ccc(N)c(C(=O)O)c1)c1ccccc1. The van der Waals surface area contributed by atoms with E-state index in [2.05, 4.69) is 0 Å². The van der Waals surface area contributed by atoms with Gasteiger partial charge in [0.15, 0.2) is 0 Å². The van der Waals surface area contributed by atoms with Crippen LogP contribution < -0.4 is 10.5 Å². The second-order valence-corrected chi connectivity index (χ2v) is 4.22. The predicted molar refractivity (Wildman–Crippen MR) is 73.3 cm³/mol. The van der Waals surface area contributed by atoms with Gasteiger partial charge in [-0.15, -0.1) is 0 Å². The number of nitrogen functional groups attached to an aromatic ring is 1. The van der Waals surface area contributed by atoms with Crippen molar-refractivity contribution in [1.82, 2.24) is 0 Å². The molecule has 19 heavy (non-hydrogen) atoms. The fraction of sp³-hybridized carbons (Fsp3) is 0.133. The van der Waals surface area contributed by atoms with Crippen molar-refractivity contribution >= 4 is 11.7 Å². The number of aromatic carboxylic acids is 1. The van der Waals surface area contributed by atoms with Crippen LogP contribution in [0.25, 0.3) is 0 Å². The van der Waals surface area contributed by atoms with Crippen molar-refractivity contribution in [2.75, 3.05) is 5.73 Å². The maximum Gasteiger partial charge on any atom is 0.337 e. The number of carboxylic acid groups (broad SMARTS) is 1. The molecule has 0 heterocycles. The van der Waals surface area contributed by atoms with Crippen LogP contribution in [0.4, 0.5) is 5.69 Å². The predicted octanol–water partition coefficient (Wildman–Crippen LogP) is 3.11. The second kappa shape index (κ2) is 5.44. The fourth-order valence-electron chi connectivity index (χ4n) is 1.79. The van der Waals surface area contributed by atoms with Crippen molar-refractivity contribution in [2.45, 2.75) is 13.0 Å². The Hall–Kier alpha value is -2.49. The normalized spacial score (nSPS) is 11.8. The van der Waals surface area contributed by atoms with E-state index in [9.17, 15) is 4.79 Å². The minimum absolute atomic E-state index is 0.0535. The summed E-state index contributed by atoms with van der Waals surface area (Å²) in [6.07, 6.45) is -0.161. The smallest absolute Gasteiger partial charge is 0.337 e. The van der Waals surface area contributed by atoms with Crippen LogP contribution in [0.3, 0.4) is 0 Å². The van der Waals surface area contributed by atoms with E-state index in [0.29, 0.717) is 5.75 Å². The van der Waals surface area contributed by atoms with Crippen LogP contribution in [-0.2, 0) is 0 Å². The molecule has 4 heteroatoms. The van der Waals surface area contributed by atoms with E-state index in [0.717, 1.165) is 5.56 Å². The molecule has 0 bridgehead atoms. The first kappa shape index (κ1) is 13.0. The largest absolute Gasteiger partial charge is 0.486 e. The van der Waals surface area contributed by atoms with E-state index in [4.69, 9.17) is 15.6 Å². The van der Waals surface area contributed by atoms with Crippen molar-refractivity contribution in [3.8, 4) is 5.75 Å². The van der Waals surface area contributed by atoms with Gasteiger partial charge in [0, 0.05) is 5.69 Å². The van der Waals surface area contributed by atoms with Crippen LogP contribution >= 0.6 is 0 Å². The van der Waals surface area contributed by atoms with Crippen LogP contribution in [0.5, 0.6) is 5.75 Å². The monoisotopic (exact) mass is 257 g/mol. The van der Waals surface area contributed by atoms with Gasteiger partial charge in [-0.3, -0.25) is 0 Å². The summed E-state index contributed by atoms with van der Waals surface area (Å²) in [6, 6.07) is 14.4. The molecule has 4 nitrogen and oxygen atoms in total. The lowest BCUT2D eigenvalue weighted by Crippen LogP contribution is -2.06. The summed E-state index contributed by atoms with van der Waals surface area (Å²) in [5.74, 6) is -0.571. The van der Waals surface area contributed by atoms with Gasteiger partial charge in [0.1, 0.15) is 11.9 Å². The standard InChI is InChI=1S/C15H15NO3/c1-10(11-5-3-2-4-6-11)19-12-7-8-14(16)13(9-12)15(17)18/h2-10H,16H2,1H3,(H,17,18). The maximum absolute atomic E-state index is 11.0. The number of ether oxygens (including phenoxy) is 1. The van der Waals surface area contributed by atoms with E-state index in [1.807, 2.05) is 37.3 Å². The summed E-state index contributed by atoms with van der Waals surface area (Å²) < 4.78 is 5.73. The minimum Gasteiger partial charge on any atom is -0.486 e. The first-order valence-corrected chi connectivity index (χ1v) is 5.92. The Morgan fingerprint density at radius 3 is 2.53 bits per heavy atom. The number of hydrogen-bond acceptors (Lipinski definition) is 3. The highest BCUT2D eigenvalue weighted by molar-refractivity contribution is 5.94. The third-order valence-corrected chi connectivity index (χ3v) is 2.84. The zero-order valence-corrected chi connectivity index (χ0v) is 10.5. The Bertz CT molecular complexity index is 581. The second-order valence-electron chi connectivity index (χ2n) is 4.22.